The molecule has 0 bridgehead atoms. The number of ether oxygens (including phenoxy) is 1. The van der Waals surface area contributed by atoms with Crippen LogP contribution in [0.2, 0.25) is 0 Å². The summed E-state index contributed by atoms with van der Waals surface area (Å²) >= 11 is 0. The molecule has 2 N–H and O–H groups in total. The van der Waals surface area contributed by atoms with Crippen molar-refractivity contribution in [2.75, 3.05) is 31.1 Å². The second kappa shape index (κ2) is 5.94. The van der Waals surface area contributed by atoms with Crippen LogP contribution in [0.1, 0.15) is 20.8 Å². The van der Waals surface area contributed by atoms with Crippen LogP contribution in [-0.2, 0) is 11.8 Å². The van der Waals surface area contributed by atoms with Gasteiger partial charge in [-0.3, -0.25) is 14.3 Å². The van der Waals surface area contributed by atoms with E-state index in [1.807, 2.05) is 25.7 Å². The van der Waals surface area contributed by atoms with E-state index in [4.69, 9.17) is 4.74 Å². The fraction of sp³-hybridized carbons (Fsp3) is 0.600. The maximum Gasteiger partial charge on any atom is 0.410 e. The summed E-state index contributed by atoms with van der Waals surface area (Å²) in [5.74, 6) is 0.498. The number of rotatable bonds is 1. The summed E-state index contributed by atoms with van der Waals surface area (Å²) in [4.78, 5) is 49.2. The van der Waals surface area contributed by atoms with Crippen LogP contribution in [0.5, 0.6) is 0 Å². The maximum absolute atomic E-state index is 12.1. The molecule has 10 nitrogen and oxygen atoms in total. The molecule has 2 aromatic rings. The second-order valence-electron chi connectivity index (χ2n) is 7.03. The number of fused-ring (bicyclic) bond motifs is 1. The molecule has 0 aliphatic carbocycles. The SMILES string of the molecule is Cn1c(=O)[nH]c2nc(N3CCN(C(=O)OC(C)(C)C)CC3)[nH]c2c1=O. The molecule has 1 aliphatic rings. The molecule has 2 aromatic heterocycles. The Kier molecular flexibility index (Phi) is 4.05. The van der Waals surface area contributed by atoms with Gasteiger partial charge in [0.25, 0.3) is 5.56 Å². The van der Waals surface area contributed by atoms with E-state index >= 15 is 0 Å². The van der Waals surface area contributed by atoms with E-state index in [-0.39, 0.29) is 17.3 Å². The Morgan fingerprint density at radius 2 is 1.76 bits per heavy atom. The largest absolute Gasteiger partial charge is 0.444 e. The van der Waals surface area contributed by atoms with Crippen LogP contribution in [0.25, 0.3) is 11.2 Å². The molecule has 1 amide bonds. The molecule has 1 fully saturated rings. The third-order valence-electron chi connectivity index (χ3n) is 3.97. The van der Waals surface area contributed by atoms with E-state index in [0.29, 0.717) is 32.1 Å². The molecule has 0 spiro atoms. The Labute approximate surface area is 143 Å². The fourth-order valence-electron chi connectivity index (χ4n) is 2.63. The number of anilines is 1. The average Bonchev–Trinajstić information content (AvgIpc) is 2.95. The summed E-state index contributed by atoms with van der Waals surface area (Å²) in [6.07, 6.45) is -0.338. The maximum atomic E-state index is 12.1. The summed E-state index contributed by atoms with van der Waals surface area (Å²) in [5, 5.41) is 0. The van der Waals surface area contributed by atoms with Gasteiger partial charge in [-0.1, -0.05) is 0 Å². The normalized spacial score (nSPS) is 15.7. The molecule has 0 aromatic carbocycles. The Balaban J connectivity index is 1.74. The number of aromatic amines is 2. The number of nitrogens with one attached hydrogen (secondary N) is 2. The molecule has 1 aliphatic heterocycles. The molecule has 0 unspecified atom stereocenters. The van der Waals surface area contributed by atoms with E-state index in [1.54, 1.807) is 4.90 Å². The number of piperazine rings is 1. The van der Waals surface area contributed by atoms with Gasteiger partial charge in [-0.05, 0) is 20.8 Å². The Hall–Kier alpha value is -2.78. The van der Waals surface area contributed by atoms with Gasteiger partial charge in [0.05, 0.1) is 0 Å². The molecule has 0 radical (unpaired) electrons. The highest BCUT2D eigenvalue weighted by atomic mass is 16.6. The van der Waals surface area contributed by atoms with Crippen LogP contribution >= 0.6 is 0 Å². The molecule has 1 saturated heterocycles. The first-order valence-corrected chi connectivity index (χ1v) is 8.07. The monoisotopic (exact) mass is 350 g/mol. The number of hydrogen-bond donors (Lipinski definition) is 2. The third-order valence-corrected chi connectivity index (χ3v) is 3.97. The number of hydrogen-bond acceptors (Lipinski definition) is 6. The van der Waals surface area contributed by atoms with Crippen LogP contribution in [0.15, 0.2) is 9.59 Å². The highest BCUT2D eigenvalue weighted by Crippen LogP contribution is 2.16. The van der Waals surface area contributed by atoms with Gasteiger partial charge in [-0.25, -0.2) is 9.59 Å². The first kappa shape index (κ1) is 17.1. The topological polar surface area (TPSA) is 116 Å². The van der Waals surface area contributed by atoms with Crippen molar-refractivity contribution in [2.24, 2.45) is 7.05 Å². The lowest BCUT2D eigenvalue weighted by molar-refractivity contribution is 0.0240. The van der Waals surface area contributed by atoms with Crippen molar-refractivity contribution in [3.8, 4) is 0 Å². The number of amides is 1. The van der Waals surface area contributed by atoms with E-state index < -0.39 is 16.9 Å². The van der Waals surface area contributed by atoms with Gasteiger partial charge in [0.2, 0.25) is 5.95 Å². The van der Waals surface area contributed by atoms with E-state index in [2.05, 4.69) is 15.0 Å². The average molecular weight is 350 g/mol. The van der Waals surface area contributed by atoms with Crippen molar-refractivity contribution in [1.82, 2.24) is 24.4 Å². The first-order chi connectivity index (χ1) is 11.7. The van der Waals surface area contributed by atoms with E-state index in [9.17, 15) is 14.4 Å². The zero-order valence-corrected chi connectivity index (χ0v) is 14.8. The lowest BCUT2D eigenvalue weighted by atomic mass is 10.2. The van der Waals surface area contributed by atoms with E-state index in [1.165, 1.54) is 7.05 Å². The van der Waals surface area contributed by atoms with Crippen molar-refractivity contribution in [1.29, 1.82) is 0 Å². The molecule has 25 heavy (non-hydrogen) atoms. The number of carbonyl (C=O) groups is 1. The Morgan fingerprint density at radius 1 is 1.12 bits per heavy atom. The number of nitrogens with zero attached hydrogens (tertiary/aromatic N) is 4. The third kappa shape index (κ3) is 3.37. The van der Waals surface area contributed by atoms with Crippen LogP contribution in [-0.4, -0.2) is 62.3 Å². The molecular formula is C15H22N6O4. The number of imidazole rings is 1. The minimum absolute atomic E-state index is 0.234. The van der Waals surface area contributed by atoms with Gasteiger partial charge in [-0.2, -0.15) is 4.98 Å². The Bertz CT molecular complexity index is 911. The second-order valence-corrected chi connectivity index (χ2v) is 7.03. The minimum Gasteiger partial charge on any atom is -0.444 e. The summed E-state index contributed by atoms with van der Waals surface area (Å²) < 4.78 is 6.36. The molecule has 0 atom stereocenters. The standard InChI is InChI=1S/C15H22N6O4/c1-15(2,3)25-14(24)21-7-5-20(6-8-21)12-16-9-10(17-12)18-13(23)19(4)11(9)22/h5-8H2,1-4H3,(H,16,17)(H,18,23). The number of H-pyrrole nitrogens is 2. The molecular weight excluding hydrogens is 328 g/mol. The van der Waals surface area contributed by atoms with Crippen LogP contribution in [0, 0.1) is 0 Å². The Morgan fingerprint density at radius 3 is 2.36 bits per heavy atom. The lowest BCUT2D eigenvalue weighted by Crippen LogP contribution is -2.50. The molecule has 0 saturated carbocycles. The first-order valence-electron chi connectivity index (χ1n) is 8.07. The smallest absolute Gasteiger partial charge is 0.410 e. The predicted octanol–water partition coefficient (Wildman–Crippen LogP) is 0.00700. The van der Waals surface area contributed by atoms with Crippen molar-refractivity contribution in [3.63, 3.8) is 0 Å². The lowest BCUT2D eigenvalue weighted by Gasteiger charge is -2.35. The summed E-state index contributed by atoms with van der Waals surface area (Å²) in [7, 11) is 1.40. The zero-order valence-electron chi connectivity index (χ0n) is 14.8. The van der Waals surface area contributed by atoms with E-state index in [0.717, 1.165) is 4.57 Å². The van der Waals surface area contributed by atoms with Gasteiger partial charge in [-0.15, -0.1) is 0 Å². The van der Waals surface area contributed by atoms with Gasteiger partial charge < -0.3 is 19.5 Å². The molecule has 136 valence electrons. The molecule has 3 rings (SSSR count). The van der Waals surface area contributed by atoms with Crippen molar-refractivity contribution < 1.29 is 9.53 Å². The number of aromatic nitrogens is 4. The summed E-state index contributed by atoms with van der Waals surface area (Å²) in [6, 6.07) is 0. The molecule has 3 heterocycles. The van der Waals surface area contributed by atoms with Crippen LogP contribution in [0.3, 0.4) is 0 Å². The van der Waals surface area contributed by atoms with Crippen molar-refractivity contribution in [3.05, 3.63) is 20.8 Å². The van der Waals surface area contributed by atoms with Gasteiger partial charge >= 0.3 is 11.8 Å². The van der Waals surface area contributed by atoms with Gasteiger partial charge in [0.1, 0.15) is 5.60 Å². The van der Waals surface area contributed by atoms with Gasteiger partial charge in [0, 0.05) is 33.2 Å². The zero-order chi connectivity index (χ0) is 18.4. The molecule has 10 heteroatoms. The highest BCUT2D eigenvalue weighted by Gasteiger charge is 2.27. The fourth-order valence-corrected chi connectivity index (χ4v) is 2.63. The minimum atomic E-state index is -0.529. The number of carbonyl (C=O) groups excluding carboxylic acids is 1. The van der Waals surface area contributed by atoms with Crippen LogP contribution < -0.4 is 16.1 Å². The highest BCUT2D eigenvalue weighted by molar-refractivity contribution is 5.72. The van der Waals surface area contributed by atoms with Crippen LogP contribution in [0.4, 0.5) is 10.7 Å². The summed E-state index contributed by atoms with van der Waals surface area (Å²) in [5.41, 5.74) is -0.974. The predicted molar refractivity (Wildman–Crippen MR) is 92.0 cm³/mol. The quantitative estimate of drug-likeness (QED) is 0.748. The summed E-state index contributed by atoms with van der Waals surface area (Å²) in [6.45, 7) is 7.55. The van der Waals surface area contributed by atoms with Crippen molar-refractivity contribution in [2.45, 2.75) is 26.4 Å². The van der Waals surface area contributed by atoms with Crippen molar-refractivity contribution >= 4 is 23.2 Å². The van der Waals surface area contributed by atoms with Gasteiger partial charge in [0.15, 0.2) is 11.2 Å².